The third-order valence-corrected chi connectivity index (χ3v) is 11.0. The molecule has 1 amide bonds. The first-order chi connectivity index (χ1) is 25.6. The molecule has 0 aliphatic heterocycles. The minimum Gasteiger partial charge on any atom is -0.756 e. The summed E-state index contributed by atoms with van der Waals surface area (Å²) < 4.78 is 28.9. The summed E-state index contributed by atoms with van der Waals surface area (Å²) in [5.41, 5.74) is 0. The van der Waals surface area contributed by atoms with E-state index in [1.54, 1.807) is 0 Å². The zero-order valence-corrected chi connectivity index (χ0v) is 36.7. The van der Waals surface area contributed by atoms with Gasteiger partial charge in [-0.2, -0.15) is 0 Å². The van der Waals surface area contributed by atoms with Gasteiger partial charge in [-0.25, -0.2) is 4.79 Å². The number of ether oxygens (including phenoxy) is 1. The molecule has 0 bridgehead atoms. The second kappa shape index (κ2) is 38.0. The number of phosphoric ester groups is 1. The molecule has 0 aromatic carbocycles. The van der Waals surface area contributed by atoms with Crippen molar-refractivity contribution < 1.29 is 32.5 Å². The van der Waals surface area contributed by atoms with Crippen molar-refractivity contribution in [2.24, 2.45) is 0 Å². The number of unbranched alkanes of at least 4 members (excludes halogenated alkanes) is 27. The highest BCUT2D eigenvalue weighted by atomic mass is 31.2. The maximum atomic E-state index is 12.6. The Morgan fingerprint density at radius 1 is 0.604 bits per heavy atom. The fourth-order valence-corrected chi connectivity index (χ4v) is 7.22. The van der Waals surface area contributed by atoms with Crippen LogP contribution in [0.1, 0.15) is 213 Å². The Bertz CT molecular complexity index is 865. The lowest BCUT2D eigenvalue weighted by Crippen LogP contribution is -2.37. The molecule has 53 heavy (non-hydrogen) atoms. The van der Waals surface area contributed by atoms with Gasteiger partial charge in [0.05, 0.1) is 27.7 Å². The molecule has 0 aliphatic carbocycles. The fraction of sp³-hybridized carbons (Fsp3) is 0.932. The van der Waals surface area contributed by atoms with Crippen LogP contribution in [-0.2, 0) is 18.3 Å². The topological polar surface area (TPSA) is 96.9 Å². The summed E-state index contributed by atoms with van der Waals surface area (Å²) in [5.74, 6) is 0. The van der Waals surface area contributed by atoms with Gasteiger partial charge in [-0.3, -0.25) is 4.57 Å². The standard InChI is InChI=1S/C44H89N2O6P/c1-6-8-10-12-14-16-18-20-22-24-26-28-30-32-34-36-38-43(42-51-53(48,49)50-41-40-46(3,4)5)52-44(47)45-39-37-35-33-31-29-27-25-23-21-19-17-15-13-11-9-7-2/h21,23,43H,6-20,22,24-42H2,1-5H3,(H-,45,47,48,49)/b23-21-. The Hall–Kier alpha value is -0.920. The fourth-order valence-electron chi connectivity index (χ4n) is 6.49. The van der Waals surface area contributed by atoms with Gasteiger partial charge in [-0.15, -0.1) is 0 Å². The van der Waals surface area contributed by atoms with E-state index >= 15 is 0 Å². The summed E-state index contributed by atoms with van der Waals surface area (Å²) >= 11 is 0. The van der Waals surface area contributed by atoms with Gasteiger partial charge in [0.1, 0.15) is 19.3 Å². The Balaban J connectivity index is 4.20. The SMILES string of the molecule is CCCCCCCC/C=C\CCCCCCCCNC(=O)OC(CCCCCCCCCCCCCCCCCC)COP(=O)([O-])OCC[N+](C)(C)C. The van der Waals surface area contributed by atoms with Gasteiger partial charge in [-0.1, -0.05) is 180 Å². The molecule has 0 saturated heterocycles. The largest absolute Gasteiger partial charge is 0.756 e. The molecule has 2 unspecified atom stereocenters. The summed E-state index contributed by atoms with van der Waals surface area (Å²) in [6.45, 7) is 5.46. The molecule has 0 rings (SSSR count). The maximum absolute atomic E-state index is 12.6. The lowest BCUT2D eigenvalue weighted by molar-refractivity contribution is -0.870. The van der Waals surface area contributed by atoms with Crippen molar-refractivity contribution in [2.75, 3.05) is 47.4 Å². The zero-order valence-electron chi connectivity index (χ0n) is 35.8. The van der Waals surface area contributed by atoms with Crippen molar-refractivity contribution >= 4 is 13.9 Å². The predicted octanol–water partition coefficient (Wildman–Crippen LogP) is 13.0. The number of hydrogen-bond donors (Lipinski definition) is 1. The number of likely N-dealkylation sites (N-methyl/N-ethyl adjacent to an activating group) is 1. The summed E-state index contributed by atoms with van der Waals surface area (Å²) in [4.78, 5) is 25.0. The highest BCUT2D eigenvalue weighted by Crippen LogP contribution is 2.38. The van der Waals surface area contributed by atoms with E-state index < -0.39 is 20.0 Å². The number of nitrogens with one attached hydrogen (secondary N) is 1. The molecule has 316 valence electrons. The number of carbonyl (C=O) groups is 1. The number of allylic oxidation sites excluding steroid dienone is 2. The van der Waals surface area contributed by atoms with Crippen molar-refractivity contribution in [3.63, 3.8) is 0 Å². The molecule has 0 radical (unpaired) electrons. The molecule has 0 spiro atoms. The highest BCUT2D eigenvalue weighted by Gasteiger charge is 2.20. The monoisotopic (exact) mass is 773 g/mol. The summed E-state index contributed by atoms with van der Waals surface area (Å²) in [6.07, 6.45) is 42.2. The van der Waals surface area contributed by atoms with E-state index in [4.69, 9.17) is 13.8 Å². The first kappa shape index (κ1) is 52.1. The smallest absolute Gasteiger partial charge is 0.407 e. The molecule has 8 nitrogen and oxygen atoms in total. The molecule has 0 saturated carbocycles. The number of nitrogens with zero attached hydrogens (tertiary/aromatic N) is 1. The van der Waals surface area contributed by atoms with Crippen molar-refractivity contribution in [1.82, 2.24) is 5.32 Å². The second-order valence-electron chi connectivity index (χ2n) is 16.6. The Labute approximate surface area is 329 Å². The van der Waals surface area contributed by atoms with Gasteiger partial charge in [0, 0.05) is 6.54 Å². The van der Waals surface area contributed by atoms with Crippen molar-refractivity contribution in [2.45, 2.75) is 219 Å². The number of quaternary nitrogens is 1. The highest BCUT2D eigenvalue weighted by molar-refractivity contribution is 7.45. The van der Waals surface area contributed by atoms with E-state index in [1.165, 1.54) is 161 Å². The number of rotatable bonds is 41. The molecular weight excluding hydrogens is 683 g/mol. The van der Waals surface area contributed by atoms with E-state index in [9.17, 15) is 14.3 Å². The summed E-state index contributed by atoms with van der Waals surface area (Å²) in [6, 6.07) is 0. The lowest BCUT2D eigenvalue weighted by Gasteiger charge is -2.28. The molecule has 1 N–H and O–H groups in total. The molecule has 0 fully saturated rings. The van der Waals surface area contributed by atoms with Crippen LogP contribution >= 0.6 is 7.82 Å². The molecule has 0 aromatic rings. The first-order valence-electron chi connectivity index (χ1n) is 22.6. The van der Waals surface area contributed by atoms with Crippen LogP contribution < -0.4 is 10.2 Å². The van der Waals surface area contributed by atoms with Gasteiger partial charge in [0.15, 0.2) is 0 Å². The second-order valence-corrected chi connectivity index (χ2v) is 18.0. The molecule has 9 heteroatoms. The molecule has 0 heterocycles. The zero-order chi connectivity index (χ0) is 39.1. The number of hydrogen-bond acceptors (Lipinski definition) is 6. The van der Waals surface area contributed by atoms with Gasteiger partial charge in [-0.05, 0) is 44.9 Å². The van der Waals surface area contributed by atoms with Crippen molar-refractivity contribution in [1.29, 1.82) is 0 Å². The van der Waals surface area contributed by atoms with Crippen LogP contribution in [0.3, 0.4) is 0 Å². The average Bonchev–Trinajstić information content (AvgIpc) is 3.11. The maximum Gasteiger partial charge on any atom is 0.407 e. The van der Waals surface area contributed by atoms with Gasteiger partial charge < -0.3 is 28.5 Å². The van der Waals surface area contributed by atoms with Gasteiger partial charge in [0.25, 0.3) is 7.82 Å². The Kier molecular flexibility index (Phi) is 37.3. The number of carbonyl (C=O) groups excluding carboxylic acids is 1. The van der Waals surface area contributed by atoms with Gasteiger partial charge in [0.2, 0.25) is 0 Å². The van der Waals surface area contributed by atoms with Crippen LogP contribution in [0.5, 0.6) is 0 Å². The van der Waals surface area contributed by atoms with Crippen LogP contribution in [-0.4, -0.2) is 64.1 Å². The van der Waals surface area contributed by atoms with Crippen LogP contribution in [0.2, 0.25) is 0 Å². The van der Waals surface area contributed by atoms with Gasteiger partial charge >= 0.3 is 6.09 Å². The van der Waals surface area contributed by atoms with Crippen molar-refractivity contribution in [3.05, 3.63) is 12.2 Å². The third-order valence-electron chi connectivity index (χ3n) is 10.0. The molecule has 0 aliphatic rings. The molecular formula is C44H89N2O6P. The normalized spacial score (nSPS) is 13.8. The summed E-state index contributed by atoms with van der Waals surface area (Å²) in [5, 5.41) is 2.86. The Morgan fingerprint density at radius 2 is 1.00 bits per heavy atom. The van der Waals surface area contributed by atoms with E-state index in [1.807, 2.05) is 21.1 Å². The number of alkyl carbamates (subject to hydrolysis) is 1. The average molecular weight is 773 g/mol. The van der Waals surface area contributed by atoms with E-state index in [0.717, 1.165) is 32.1 Å². The van der Waals surface area contributed by atoms with E-state index in [2.05, 4.69) is 31.3 Å². The first-order valence-corrected chi connectivity index (χ1v) is 24.1. The van der Waals surface area contributed by atoms with Crippen LogP contribution in [0.25, 0.3) is 0 Å². The lowest BCUT2D eigenvalue weighted by atomic mass is 10.0. The van der Waals surface area contributed by atoms with E-state index in [-0.39, 0.29) is 13.2 Å². The van der Waals surface area contributed by atoms with Crippen LogP contribution in [0, 0.1) is 0 Å². The van der Waals surface area contributed by atoms with Crippen LogP contribution in [0.15, 0.2) is 12.2 Å². The molecule has 0 aromatic heterocycles. The summed E-state index contributed by atoms with van der Waals surface area (Å²) in [7, 11) is 1.43. The van der Waals surface area contributed by atoms with Crippen LogP contribution in [0.4, 0.5) is 4.79 Å². The predicted molar refractivity (Wildman–Crippen MR) is 224 cm³/mol. The molecule has 2 atom stereocenters. The Morgan fingerprint density at radius 3 is 1.43 bits per heavy atom. The minimum atomic E-state index is -4.48. The third kappa shape index (κ3) is 42.1. The van der Waals surface area contributed by atoms with Crippen molar-refractivity contribution in [3.8, 4) is 0 Å². The minimum absolute atomic E-state index is 0.0474. The number of phosphoric acid groups is 1. The quantitative estimate of drug-likeness (QED) is 0.0288. The number of amides is 1. The van der Waals surface area contributed by atoms with E-state index in [0.29, 0.717) is 24.0 Å².